The van der Waals surface area contributed by atoms with Crippen molar-refractivity contribution in [1.29, 1.82) is 0 Å². The smallest absolute Gasteiger partial charge is 0.471 e. The van der Waals surface area contributed by atoms with Crippen LogP contribution in [-0.2, 0) is 12.8 Å². The number of halogens is 4. The minimum atomic E-state index is -4.79. The van der Waals surface area contributed by atoms with Gasteiger partial charge in [-0.25, -0.2) is 13.9 Å². The Morgan fingerprint density at radius 3 is 2.74 bits per heavy atom. The molecule has 4 aromatic rings. The fraction of sp³-hybridized carbons (Fsp3) is 0.125. The maximum Gasteiger partial charge on any atom is 0.471 e. The van der Waals surface area contributed by atoms with E-state index in [1.54, 1.807) is 18.3 Å². The Labute approximate surface area is 148 Å². The van der Waals surface area contributed by atoms with Crippen LogP contribution in [0.1, 0.15) is 11.5 Å². The van der Waals surface area contributed by atoms with Crippen LogP contribution < -0.4 is 4.74 Å². The van der Waals surface area contributed by atoms with Crippen molar-refractivity contribution < 1.29 is 26.8 Å². The number of alkyl halides is 3. The average Bonchev–Trinajstić information content (AvgIpc) is 3.28. The highest BCUT2D eigenvalue weighted by atomic mass is 19.4. The summed E-state index contributed by atoms with van der Waals surface area (Å²) >= 11 is 0. The van der Waals surface area contributed by atoms with Crippen LogP contribution in [0.3, 0.4) is 0 Å². The van der Waals surface area contributed by atoms with Gasteiger partial charge < -0.3 is 9.26 Å². The number of hydrogen-bond donors (Lipinski definition) is 0. The molecule has 3 heterocycles. The van der Waals surface area contributed by atoms with Crippen molar-refractivity contribution in [1.82, 2.24) is 24.7 Å². The van der Waals surface area contributed by atoms with Gasteiger partial charge in [0.2, 0.25) is 5.82 Å². The summed E-state index contributed by atoms with van der Waals surface area (Å²) in [4.78, 5) is 7.17. The lowest BCUT2D eigenvalue weighted by molar-refractivity contribution is -0.159. The third kappa shape index (κ3) is 3.43. The van der Waals surface area contributed by atoms with Crippen LogP contribution >= 0.6 is 0 Å². The molecule has 7 nitrogen and oxygen atoms in total. The predicted molar refractivity (Wildman–Crippen MR) is 82.0 cm³/mol. The second-order valence-corrected chi connectivity index (χ2v) is 5.45. The van der Waals surface area contributed by atoms with Crippen molar-refractivity contribution in [2.24, 2.45) is 0 Å². The first-order valence-corrected chi connectivity index (χ1v) is 7.52. The summed E-state index contributed by atoms with van der Waals surface area (Å²) < 4.78 is 63.0. The maximum atomic E-state index is 14.3. The molecular weight excluding hydrogens is 370 g/mol. The summed E-state index contributed by atoms with van der Waals surface area (Å²) in [5, 5.41) is 7.14. The first kappa shape index (κ1) is 16.9. The first-order valence-electron chi connectivity index (χ1n) is 7.52. The van der Waals surface area contributed by atoms with Gasteiger partial charge in [-0.1, -0.05) is 11.2 Å². The molecular formula is C16H9F4N5O2. The molecule has 0 N–H and O–H groups in total. The standard InChI is InChI=1S/C16H9F4N5O2/c17-12-5-9(7-26-10-2-4-13-21-8-22-25(13)6-10)1-3-11(12)14-23-15(27-24-14)16(18,19)20/h1-6,8H,7H2. The topological polar surface area (TPSA) is 78.3 Å². The lowest BCUT2D eigenvalue weighted by atomic mass is 10.1. The van der Waals surface area contributed by atoms with E-state index in [9.17, 15) is 17.6 Å². The largest absolute Gasteiger partial charge is 0.487 e. The second kappa shape index (κ2) is 6.34. The molecule has 4 rings (SSSR count). The lowest BCUT2D eigenvalue weighted by Crippen LogP contribution is -2.05. The van der Waals surface area contributed by atoms with Crippen LogP contribution in [0.15, 0.2) is 47.4 Å². The number of hydrogen-bond acceptors (Lipinski definition) is 6. The van der Waals surface area contributed by atoms with E-state index >= 15 is 0 Å². The molecule has 1 aromatic carbocycles. The van der Waals surface area contributed by atoms with Gasteiger partial charge in [0.15, 0.2) is 5.65 Å². The predicted octanol–water partition coefficient (Wildman–Crippen LogP) is 3.52. The number of aromatic nitrogens is 5. The van der Waals surface area contributed by atoms with E-state index in [4.69, 9.17) is 4.74 Å². The molecule has 0 spiro atoms. The Bertz CT molecular complexity index is 1110. The average molecular weight is 379 g/mol. The van der Waals surface area contributed by atoms with Crippen LogP contribution in [0.4, 0.5) is 17.6 Å². The third-order valence-corrected chi connectivity index (χ3v) is 3.60. The van der Waals surface area contributed by atoms with E-state index in [2.05, 4.69) is 24.7 Å². The lowest BCUT2D eigenvalue weighted by Gasteiger charge is -2.07. The summed E-state index contributed by atoms with van der Waals surface area (Å²) in [6.45, 7) is 0.0391. The molecule has 0 aliphatic carbocycles. The van der Waals surface area contributed by atoms with E-state index in [0.717, 1.165) is 6.07 Å². The second-order valence-electron chi connectivity index (χ2n) is 5.45. The van der Waals surface area contributed by atoms with Crippen molar-refractivity contribution in [2.75, 3.05) is 0 Å². The maximum absolute atomic E-state index is 14.3. The van der Waals surface area contributed by atoms with Crippen LogP contribution in [0.2, 0.25) is 0 Å². The molecule has 0 bridgehead atoms. The highest BCUT2D eigenvalue weighted by Crippen LogP contribution is 2.30. The van der Waals surface area contributed by atoms with Crippen LogP contribution in [-0.4, -0.2) is 24.7 Å². The summed E-state index contributed by atoms with van der Waals surface area (Å²) in [6, 6.07) is 7.29. The SMILES string of the molecule is Fc1cc(COc2ccc3ncnn3c2)ccc1-c1noc(C(F)(F)F)n1. The van der Waals surface area contributed by atoms with Gasteiger partial charge in [0.25, 0.3) is 0 Å². The highest BCUT2D eigenvalue weighted by Gasteiger charge is 2.38. The summed E-state index contributed by atoms with van der Waals surface area (Å²) in [5.74, 6) is -2.32. The minimum absolute atomic E-state index is 0.0391. The third-order valence-electron chi connectivity index (χ3n) is 3.60. The van der Waals surface area contributed by atoms with Gasteiger partial charge in [0, 0.05) is 0 Å². The number of benzene rings is 1. The first-order chi connectivity index (χ1) is 12.9. The Balaban J connectivity index is 1.50. The fourth-order valence-electron chi connectivity index (χ4n) is 2.33. The van der Waals surface area contributed by atoms with Gasteiger partial charge in [-0.3, -0.25) is 0 Å². The zero-order chi connectivity index (χ0) is 19.0. The summed E-state index contributed by atoms with van der Waals surface area (Å²) in [6.07, 6.45) is -1.78. The zero-order valence-corrected chi connectivity index (χ0v) is 13.3. The highest BCUT2D eigenvalue weighted by molar-refractivity contribution is 5.56. The van der Waals surface area contributed by atoms with Gasteiger partial charge in [0.05, 0.1) is 11.8 Å². The molecule has 0 saturated carbocycles. The van der Waals surface area contributed by atoms with Crippen molar-refractivity contribution in [3.63, 3.8) is 0 Å². The molecule has 0 saturated heterocycles. The molecule has 11 heteroatoms. The van der Waals surface area contributed by atoms with Crippen LogP contribution in [0.25, 0.3) is 17.0 Å². The Kier molecular flexibility index (Phi) is 3.98. The molecule has 0 fully saturated rings. The molecule has 0 amide bonds. The quantitative estimate of drug-likeness (QED) is 0.505. The van der Waals surface area contributed by atoms with Gasteiger partial charge in [0.1, 0.15) is 24.5 Å². The fourth-order valence-corrected chi connectivity index (χ4v) is 2.33. The molecule has 27 heavy (non-hydrogen) atoms. The number of ether oxygens (including phenoxy) is 1. The van der Waals surface area contributed by atoms with Gasteiger partial charge in [-0.15, -0.1) is 0 Å². The Hall–Kier alpha value is -3.50. The normalized spacial score (nSPS) is 11.9. The molecule has 0 aliphatic heterocycles. The number of fused-ring (bicyclic) bond motifs is 1. The van der Waals surface area contributed by atoms with E-state index < -0.39 is 23.7 Å². The van der Waals surface area contributed by atoms with Crippen molar-refractivity contribution >= 4 is 5.65 Å². The monoisotopic (exact) mass is 379 g/mol. The number of rotatable bonds is 4. The van der Waals surface area contributed by atoms with Gasteiger partial charge >= 0.3 is 12.1 Å². The van der Waals surface area contributed by atoms with E-state index in [1.807, 2.05) is 0 Å². The van der Waals surface area contributed by atoms with Crippen molar-refractivity contribution in [3.05, 3.63) is 60.1 Å². The number of nitrogens with zero attached hydrogens (tertiary/aromatic N) is 5. The summed E-state index contributed by atoms with van der Waals surface area (Å²) in [5.41, 5.74) is 0.910. The Morgan fingerprint density at radius 1 is 1.15 bits per heavy atom. The van der Waals surface area contributed by atoms with Crippen molar-refractivity contribution in [2.45, 2.75) is 12.8 Å². The van der Waals surface area contributed by atoms with Crippen LogP contribution in [0, 0.1) is 5.82 Å². The van der Waals surface area contributed by atoms with E-state index in [1.165, 1.54) is 23.0 Å². The molecule has 0 aliphatic rings. The van der Waals surface area contributed by atoms with Gasteiger partial charge in [-0.05, 0) is 29.8 Å². The Morgan fingerprint density at radius 2 is 2.00 bits per heavy atom. The molecule has 3 aromatic heterocycles. The molecule has 138 valence electrons. The van der Waals surface area contributed by atoms with E-state index in [0.29, 0.717) is 17.0 Å². The molecule has 0 atom stereocenters. The minimum Gasteiger partial charge on any atom is -0.487 e. The van der Waals surface area contributed by atoms with Crippen molar-refractivity contribution in [3.8, 4) is 17.1 Å². The molecule has 0 unspecified atom stereocenters. The summed E-state index contributed by atoms with van der Waals surface area (Å²) in [7, 11) is 0. The zero-order valence-electron chi connectivity index (χ0n) is 13.3. The van der Waals surface area contributed by atoms with Gasteiger partial charge in [-0.2, -0.15) is 23.3 Å². The molecule has 0 radical (unpaired) electrons. The van der Waals surface area contributed by atoms with Crippen LogP contribution in [0.5, 0.6) is 5.75 Å². The number of pyridine rings is 1. The van der Waals surface area contributed by atoms with E-state index in [-0.39, 0.29) is 12.2 Å².